The summed E-state index contributed by atoms with van der Waals surface area (Å²) in [6.07, 6.45) is 3.42. The SMILES string of the molecule is CC(=O)c1ccc(NC(=O)C[NH+](C)[C@@H]2CCCc3ccccc32)cc1. The van der Waals surface area contributed by atoms with Crippen molar-refractivity contribution in [2.45, 2.75) is 32.2 Å². The average Bonchev–Trinajstić information content (AvgIpc) is 2.61. The molecule has 4 heteroatoms. The minimum absolute atomic E-state index is 0.00358. The number of nitrogens with one attached hydrogen (secondary N) is 2. The first-order valence-electron chi connectivity index (χ1n) is 8.85. The van der Waals surface area contributed by atoms with Gasteiger partial charge < -0.3 is 10.2 Å². The molecule has 3 rings (SSSR count). The molecule has 130 valence electrons. The van der Waals surface area contributed by atoms with E-state index in [1.165, 1.54) is 29.4 Å². The van der Waals surface area contributed by atoms with Crippen LogP contribution in [0.5, 0.6) is 0 Å². The van der Waals surface area contributed by atoms with Gasteiger partial charge in [0.1, 0.15) is 6.04 Å². The molecule has 2 atom stereocenters. The predicted molar refractivity (Wildman–Crippen MR) is 99.0 cm³/mol. The Kier molecular flexibility index (Phi) is 5.29. The molecule has 0 bridgehead atoms. The summed E-state index contributed by atoms with van der Waals surface area (Å²) in [5.74, 6) is 0.0224. The van der Waals surface area contributed by atoms with Gasteiger partial charge in [0.15, 0.2) is 12.3 Å². The van der Waals surface area contributed by atoms with Crippen LogP contribution >= 0.6 is 0 Å². The van der Waals surface area contributed by atoms with Crippen molar-refractivity contribution < 1.29 is 14.5 Å². The first-order chi connectivity index (χ1) is 12.0. The molecule has 2 N–H and O–H groups in total. The molecule has 0 saturated carbocycles. The molecule has 0 radical (unpaired) electrons. The van der Waals surface area contributed by atoms with Crippen molar-refractivity contribution in [3.05, 3.63) is 65.2 Å². The van der Waals surface area contributed by atoms with Crippen LogP contribution in [0.3, 0.4) is 0 Å². The fraction of sp³-hybridized carbons (Fsp3) is 0.333. The smallest absolute Gasteiger partial charge is 0.279 e. The predicted octanol–water partition coefficient (Wildman–Crippen LogP) is 2.42. The van der Waals surface area contributed by atoms with Crippen molar-refractivity contribution in [3.63, 3.8) is 0 Å². The molecule has 0 spiro atoms. The van der Waals surface area contributed by atoms with Crippen LogP contribution < -0.4 is 10.2 Å². The highest BCUT2D eigenvalue weighted by Gasteiger charge is 2.27. The van der Waals surface area contributed by atoms with Gasteiger partial charge >= 0.3 is 0 Å². The number of fused-ring (bicyclic) bond motifs is 1. The number of hydrogen-bond acceptors (Lipinski definition) is 2. The molecule has 0 saturated heterocycles. The largest absolute Gasteiger partial charge is 0.323 e. The molecular weight excluding hydrogens is 312 g/mol. The van der Waals surface area contributed by atoms with Crippen LogP contribution in [0, 0.1) is 0 Å². The lowest BCUT2D eigenvalue weighted by molar-refractivity contribution is -0.905. The summed E-state index contributed by atoms with van der Waals surface area (Å²) < 4.78 is 0. The van der Waals surface area contributed by atoms with Crippen LogP contribution in [0.2, 0.25) is 0 Å². The van der Waals surface area contributed by atoms with E-state index in [4.69, 9.17) is 0 Å². The second-order valence-electron chi connectivity index (χ2n) is 6.85. The third kappa shape index (κ3) is 4.15. The van der Waals surface area contributed by atoms with Crippen molar-refractivity contribution >= 4 is 17.4 Å². The number of likely N-dealkylation sites (N-methyl/N-ethyl adjacent to an activating group) is 1. The maximum absolute atomic E-state index is 12.4. The van der Waals surface area contributed by atoms with Gasteiger partial charge in [-0.05, 0) is 49.6 Å². The van der Waals surface area contributed by atoms with Gasteiger partial charge in [-0.25, -0.2) is 0 Å². The van der Waals surface area contributed by atoms with Crippen molar-refractivity contribution in [2.24, 2.45) is 0 Å². The summed E-state index contributed by atoms with van der Waals surface area (Å²) >= 11 is 0. The molecular formula is C21H25N2O2+. The van der Waals surface area contributed by atoms with Gasteiger partial charge in [-0.3, -0.25) is 9.59 Å². The summed E-state index contributed by atoms with van der Waals surface area (Å²) in [5, 5.41) is 2.93. The number of carbonyl (C=O) groups is 2. The zero-order valence-electron chi connectivity index (χ0n) is 14.8. The molecule has 1 aliphatic carbocycles. The Labute approximate surface area is 148 Å². The number of amides is 1. The maximum atomic E-state index is 12.4. The molecule has 2 aromatic carbocycles. The van der Waals surface area contributed by atoms with E-state index >= 15 is 0 Å². The number of ketones is 1. The summed E-state index contributed by atoms with van der Waals surface area (Å²) in [5.41, 5.74) is 4.18. The highest BCUT2D eigenvalue weighted by Crippen LogP contribution is 2.27. The molecule has 0 aromatic heterocycles. The summed E-state index contributed by atoms with van der Waals surface area (Å²) in [6, 6.07) is 16.0. The second-order valence-corrected chi connectivity index (χ2v) is 6.85. The Morgan fingerprint density at radius 3 is 2.56 bits per heavy atom. The van der Waals surface area contributed by atoms with Crippen molar-refractivity contribution in [2.75, 3.05) is 18.9 Å². The molecule has 1 amide bonds. The van der Waals surface area contributed by atoms with Gasteiger partial charge in [0.25, 0.3) is 5.91 Å². The van der Waals surface area contributed by atoms with E-state index < -0.39 is 0 Å². The maximum Gasteiger partial charge on any atom is 0.279 e. The van der Waals surface area contributed by atoms with Gasteiger partial charge in [-0.2, -0.15) is 0 Å². The fourth-order valence-corrected chi connectivity index (χ4v) is 3.64. The zero-order chi connectivity index (χ0) is 17.8. The molecule has 1 unspecified atom stereocenters. The van der Waals surface area contributed by atoms with Crippen LogP contribution in [0.25, 0.3) is 0 Å². The van der Waals surface area contributed by atoms with Crippen molar-refractivity contribution in [3.8, 4) is 0 Å². The molecule has 0 fully saturated rings. The van der Waals surface area contributed by atoms with E-state index in [0.29, 0.717) is 18.2 Å². The van der Waals surface area contributed by atoms with Crippen molar-refractivity contribution in [1.29, 1.82) is 0 Å². The Bertz CT molecular complexity index is 768. The Morgan fingerprint density at radius 2 is 1.84 bits per heavy atom. The lowest BCUT2D eigenvalue weighted by atomic mass is 9.87. The van der Waals surface area contributed by atoms with E-state index in [2.05, 4.69) is 36.6 Å². The van der Waals surface area contributed by atoms with Gasteiger partial charge in [0.05, 0.1) is 7.05 Å². The molecule has 4 nitrogen and oxygen atoms in total. The lowest BCUT2D eigenvalue weighted by Crippen LogP contribution is -3.10. The minimum Gasteiger partial charge on any atom is -0.323 e. The number of Topliss-reactive ketones (excluding diaryl/α,β-unsaturated/α-hetero) is 1. The lowest BCUT2D eigenvalue weighted by Gasteiger charge is -2.30. The zero-order valence-corrected chi connectivity index (χ0v) is 14.8. The number of hydrogen-bond donors (Lipinski definition) is 2. The van der Waals surface area contributed by atoms with E-state index in [1.54, 1.807) is 24.3 Å². The molecule has 2 aromatic rings. The summed E-state index contributed by atoms with van der Waals surface area (Å²) in [4.78, 5) is 24.9. The van der Waals surface area contributed by atoms with Crippen LogP contribution in [0.4, 0.5) is 5.69 Å². The number of aryl methyl sites for hydroxylation is 1. The van der Waals surface area contributed by atoms with Gasteiger partial charge in [-0.1, -0.05) is 24.3 Å². The number of benzene rings is 2. The van der Waals surface area contributed by atoms with Crippen LogP contribution in [-0.2, 0) is 11.2 Å². The topological polar surface area (TPSA) is 50.6 Å². The Balaban J connectivity index is 1.62. The van der Waals surface area contributed by atoms with Gasteiger partial charge in [0, 0.05) is 23.2 Å². The highest BCUT2D eigenvalue weighted by molar-refractivity contribution is 5.95. The number of carbonyl (C=O) groups excluding carboxylic acids is 2. The molecule has 1 aliphatic rings. The van der Waals surface area contributed by atoms with E-state index in [0.717, 1.165) is 18.5 Å². The van der Waals surface area contributed by atoms with Crippen LogP contribution in [0.1, 0.15) is 47.3 Å². The van der Waals surface area contributed by atoms with Crippen LogP contribution in [0.15, 0.2) is 48.5 Å². The normalized spacial score (nSPS) is 17.4. The fourth-order valence-electron chi connectivity index (χ4n) is 3.64. The third-order valence-corrected chi connectivity index (χ3v) is 4.98. The third-order valence-electron chi connectivity index (χ3n) is 4.98. The van der Waals surface area contributed by atoms with E-state index in [-0.39, 0.29) is 11.7 Å². The van der Waals surface area contributed by atoms with Gasteiger partial charge in [-0.15, -0.1) is 0 Å². The minimum atomic E-state index is -0.00358. The Morgan fingerprint density at radius 1 is 1.12 bits per heavy atom. The summed E-state index contributed by atoms with van der Waals surface area (Å²) in [6.45, 7) is 1.96. The average molecular weight is 337 g/mol. The number of rotatable bonds is 5. The first-order valence-corrected chi connectivity index (χ1v) is 8.85. The van der Waals surface area contributed by atoms with Crippen molar-refractivity contribution in [1.82, 2.24) is 0 Å². The first kappa shape index (κ1) is 17.4. The molecule has 25 heavy (non-hydrogen) atoms. The second kappa shape index (κ2) is 7.62. The highest BCUT2D eigenvalue weighted by atomic mass is 16.2. The standard InChI is InChI=1S/C21H24N2O2/c1-15(24)16-10-12-18(13-11-16)22-21(25)14-23(2)20-9-5-7-17-6-3-4-8-19(17)20/h3-4,6,8,10-13,20H,5,7,9,14H2,1-2H3,(H,22,25)/p+1/t20-/m1/s1. The van der Waals surface area contributed by atoms with E-state index in [1.807, 2.05) is 0 Å². The van der Waals surface area contributed by atoms with E-state index in [9.17, 15) is 9.59 Å². The quantitative estimate of drug-likeness (QED) is 0.823. The Hall–Kier alpha value is -2.46. The van der Waals surface area contributed by atoms with Gasteiger partial charge in [0.2, 0.25) is 0 Å². The number of anilines is 1. The van der Waals surface area contributed by atoms with Crippen LogP contribution in [-0.4, -0.2) is 25.3 Å². The number of quaternary nitrogens is 1. The monoisotopic (exact) mass is 337 g/mol. The summed E-state index contributed by atoms with van der Waals surface area (Å²) in [7, 11) is 2.09. The molecule has 0 aliphatic heterocycles. The molecule has 0 heterocycles.